The Bertz CT molecular complexity index is 808. The van der Waals surface area contributed by atoms with Gasteiger partial charge in [0.05, 0.1) is 18.8 Å². The van der Waals surface area contributed by atoms with Gasteiger partial charge in [-0.2, -0.15) is 0 Å². The molecule has 26 heavy (non-hydrogen) atoms. The van der Waals surface area contributed by atoms with Gasteiger partial charge in [0, 0.05) is 16.2 Å². The van der Waals surface area contributed by atoms with Crippen LogP contribution in [-0.2, 0) is 9.59 Å². The third-order valence-electron chi connectivity index (χ3n) is 3.40. The predicted molar refractivity (Wildman–Crippen MR) is 103 cm³/mol. The molecule has 0 unspecified atom stereocenters. The van der Waals surface area contributed by atoms with Gasteiger partial charge in [0.15, 0.2) is 5.78 Å². The highest BCUT2D eigenvalue weighted by molar-refractivity contribution is 9.10. The number of nitrogens with zero attached hydrogens (tertiary/aromatic N) is 2. The van der Waals surface area contributed by atoms with Crippen molar-refractivity contribution in [3.63, 3.8) is 0 Å². The highest BCUT2D eigenvalue weighted by atomic mass is 79.9. The number of pyridine rings is 1. The molecule has 0 bridgehead atoms. The number of likely N-dealkylation sites (N-methyl/N-ethyl adjacent to an activating group) is 1. The van der Waals surface area contributed by atoms with E-state index in [4.69, 9.17) is 0 Å². The molecule has 7 nitrogen and oxygen atoms in total. The van der Waals surface area contributed by atoms with Crippen LogP contribution in [0.4, 0.5) is 11.5 Å². The standard InChI is InChI=1S/C18H19BrN4O3/c1-12(24)14-5-3-4-6-15(14)21-17(25)10-23(2)11-18(26)22-16-8-7-13(19)9-20-16/h3-9H,10-11H2,1-2H3,(H,21,25)(H,20,22,26). The van der Waals surface area contributed by atoms with E-state index in [1.807, 2.05) is 0 Å². The normalized spacial score (nSPS) is 10.5. The summed E-state index contributed by atoms with van der Waals surface area (Å²) >= 11 is 3.27. The molecule has 0 radical (unpaired) electrons. The Morgan fingerprint density at radius 2 is 1.69 bits per heavy atom. The van der Waals surface area contributed by atoms with Crippen molar-refractivity contribution in [1.29, 1.82) is 0 Å². The molecule has 2 N–H and O–H groups in total. The molecule has 136 valence electrons. The van der Waals surface area contributed by atoms with Crippen molar-refractivity contribution in [3.8, 4) is 0 Å². The van der Waals surface area contributed by atoms with Gasteiger partial charge in [-0.3, -0.25) is 19.3 Å². The quantitative estimate of drug-likeness (QED) is 0.674. The van der Waals surface area contributed by atoms with Crippen LogP contribution in [0.1, 0.15) is 17.3 Å². The number of para-hydroxylation sites is 1. The van der Waals surface area contributed by atoms with Gasteiger partial charge in [-0.05, 0) is 54.2 Å². The summed E-state index contributed by atoms with van der Waals surface area (Å²) in [6.45, 7) is 1.48. The minimum Gasteiger partial charge on any atom is -0.324 e. The molecule has 2 aromatic rings. The van der Waals surface area contributed by atoms with Gasteiger partial charge in [-0.1, -0.05) is 12.1 Å². The minimum atomic E-state index is -0.309. The zero-order valence-electron chi connectivity index (χ0n) is 14.5. The molecule has 1 aromatic heterocycles. The largest absolute Gasteiger partial charge is 0.324 e. The fraction of sp³-hybridized carbons (Fsp3) is 0.222. The molecule has 0 aliphatic heterocycles. The summed E-state index contributed by atoms with van der Waals surface area (Å²) in [5.41, 5.74) is 0.907. The van der Waals surface area contributed by atoms with Crippen LogP contribution < -0.4 is 10.6 Å². The van der Waals surface area contributed by atoms with Crippen molar-refractivity contribution in [2.24, 2.45) is 0 Å². The average molecular weight is 419 g/mol. The molecule has 0 saturated carbocycles. The van der Waals surface area contributed by atoms with E-state index >= 15 is 0 Å². The minimum absolute atomic E-state index is 0.00737. The second-order valence-electron chi connectivity index (χ2n) is 5.73. The topological polar surface area (TPSA) is 91.4 Å². The maximum absolute atomic E-state index is 12.2. The fourth-order valence-corrected chi connectivity index (χ4v) is 2.50. The molecular weight excluding hydrogens is 400 g/mol. The smallest absolute Gasteiger partial charge is 0.239 e. The molecule has 1 aromatic carbocycles. The summed E-state index contributed by atoms with van der Waals surface area (Å²) in [4.78, 5) is 41.4. The molecular formula is C18H19BrN4O3. The van der Waals surface area contributed by atoms with Crippen LogP contribution in [0.5, 0.6) is 0 Å². The first-order valence-electron chi connectivity index (χ1n) is 7.85. The first kappa shape index (κ1) is 19.7. The molecule has 2 amide bonds. The van der Waals surface area contributed by atoms with Gasteiger partial charge in [-0.15, -0.1) is 0 Å². The van der Waals surface area contributed by atoms with E-state index in [1.54, 1.807) is 54.5 Å². The molecule has 8 heteroatoms. The highest BCUT2D eigenvalue weighted by Gasteiger charge is 2.14. The predicted octanol–water partition coefficient (Wildman–Crippen LogP) is 2.56. The van der Waals surface area contributed by atoms with Crippen molar-refractivity contribution >= 4 is 45.0 Å². The van der Waals surface area contributed by atoms with Gasteiger partial charge in [0.2, 0.25) is 11.8 Å². The number of rotatable bonds is 7. The Labute approximate surface area is 159 Å². The molecule has 0 aliphatic rings. The van der Waals surface area contributed by atoms with E-state index < -0.39 is 0 Å². The van der Waals surface area contributed by atoms with E-state index in [0.717, 1.165) is 4.47 Å². The number of carbonyl (C=O) groups excluding carboxylic acids is 3. The zero-order chi connectivity index (χ0) is 19.1. The number of aromatic nitrogens is 1. The second kappa shape index (κ2) is 9.21. The Morgan fingerprint density at radius 3 is 2.31 bits per heavy atom. The fourth-order valence-electron chi connectivity index (χ4n) is 2.27. The summed E-state index contributed by atoms with van der Waals surface area (Å²) in [7, 11) is 1.66. The highest BCUT2D eigenvalue weighted by Crippen LogP contribution is 2.15. The lowest BCUT2D eigenvalue weighted by atomic mass is 10.1. The monoisotopic (exact) mass is 418 g/mol. The van der Waals surface area contributed by atoms with Crippen molar-refractivity contribution < 1.29 is 14.4 Å². The Hall–Kier alpha value is -2.58. The average Bonchev–Trinajstić information content (AvgIpc) is 2.56. The molecule has 0 spiro atoms. The van der Waals surface area contributed by atoms with E-state index in [9.17, 15) is 14.4 Å². The molecule has 0 fully saturated rings. The number of nitrogens with one attached hydrogen (secondary N) is 2. The van der Waals surface area contributed by atoms with Gasteiger partial charge < -0.3 is 10.6 Å². The lowest BCUT2D eigenvalue weighted by Crippen LogP contribution is -2.36. The third-order valence-corrected chi connectivity index (χ3v) is 3.87. The zero-order valence-corrected chi connectivity index (χ0v) is 16.0. The maximum Gasteiger partial charge on any atom is 0.239 e. The van der Waals surface area contributed by atoms with E-state index in [1.165, 1.54) is 6.92 Å². The van der Waals surface area contributed by atoms with Crippen molar-refractivity contribution in [1.82, 2.24) is 9.88 Å². The van der Waals surface area contributed by atoms with E-state index in [0.29, 0.717) is 17.1 Å². The lowest BCUT2D eigenvalue weighted by Gasteiger charge is -2.16. The van der Waals surface area contributed by atoms with Crippen LogP contribution in [0.25, 0.3) is 0 Å². The second-order valence-corrected chi connectivity index (χ2v) is 6.65. The van der Waals surface area contributed by atoms with E-state index in [2.05, 4.69) is 31.5 Å². The van der Waals surface area contributed by atoms with Crippen molar-refractivity contribution in [2.45, 2.75) is 6.92 Å². The van der Waals surface area contributed by atoms with Gasteiger partial charge in [0.25, 0.3) is 0 Å². The van der Waals surface area contributed by atoms with E-state index in [-0.39, 0.29) is 30.7 Å². The van der Waals surface area contributed by atoms with Gasteiger partial charge >= 0.3 is 0 Å². The number of anilines is 2. The summed E-state index contributed by atoms with van der Waals surface area (Å²) in [5.74, 6) is -0.280. The number of Topliss-reactive ketones (excluding diaryl/α,β-unsaturated/α-hetero) is 1. The van der Waals surface area contributed by atoms with Crippen LogP contribution in [0, 0.1) is 0 Å². The van der Waals surface area contributed by atoms with Crippen molar-refractivity contribution in [3.05, 3.63) is 52.6 Å². The van der Waals surface area contributed by atoms with Crippen LogP contribution >= 0.6 is 15.9 Å². The van der Waals surface area contributed by atoms with Crippen molar-refractivity contribution in [2.75, 3.05) is 30.8 Å². The molecule has 0 saturated heterocycles. The SMILES string of the molecule is CC(=O)c1ccccc1NC(=O)CN(C)CC(=O)Nc1ccc(Br)cn1. The summed E-state index contributed by atoms with van der Waals surface area (Å²) in [5, 5.41) is 5.36. The number of hydrogen-bond acceptors (Lipinski definition) is 5. The van der Waals surface area contributed by atoms with Gasteiger partial charge in [-0.25, -0.2) is 4.98 Å². The number of ketones is 1. The molecule has 2 rings (SSSR count). The van der Waals surface area contributed by atoms with Crippen LogP contribution in [0.2, 0.25) is 0 Å². The number of benzene rings is 1. The molecule has 1 heterocycles. The van der Waals surface area contributed by atoms with Crippen LogP contribution in [0.3, 0.4) is 0 Å². The number of halogens is 1. The lowest BCUT2D eigenvalue weighted by molar-refractivity contribution is -0.119. The summed E-state index contributed by atoms with van der Waals surface area (Å²) in [6.07, 6.45) is 1.58. The number of hydrogen-bond donors (Lipinski definition) is 2. The Kier molecular flexibility index (Phi) is 6.99. The number of amides is 2. The third kappa shape index (κ3) is 6.05. The van der Waals surface area contributed by atoms with Crippen LogP contribution in [0.15, 0.2) is 47.1 Å². The summed E-state index contributed by atoms with van der Waals surface area (Å²) in [6, 6.07) is 10.2. The first-order chi connectivity index (χ1) is 12.3. The number of carbonyl (C=O) groups is 3. The van der Waals surface area contributed by atoms with Gasteiger partial charge in [0.1, 0.15) is 5.82 Å². The maximum atomic E-state index is 12.2. The van der Waals surface area contributed by atoms with Crippen LogP contribution in [-0.4, -0.2) is 47.6 Å². The molecule has 0 atom stereocenters. The summed E-state index contributed by atoms with van der Waals surface area (Å²) < 4.78 is 0.815. The Morgan fingerprint density at radius 1 is 1.04 bits per heavy atom. The Balaban J connectivity index is 1.86. The first-order valence-corrected chi connectivity index (χ1v) is 8.64. The molecule has 0 aliphatic carbocycles.